The number of nitrogens with zero attached hydrogens (tertiary/aromatic N) is 1. The summed E-state index contributed by atoms with van der Waals surface area (Å²) >= 11 is 12.1. The molecule has 1 aromatic carbocycles. The van der Waals surface area contributed by atoms with Gasteiger partial charge in [-0.2, -0.15) is 5.10 Å². The Morgan fingerprint density at radius 3 is 2.52 bits per heavy atom. The first-order valence-corrected chi connectivity index (χ1v) is 7.09. The molecule has 21 heavy (non-hydrogen) atoms. The monoisotopic (exact) mass is 321 g/mol. The van der Waals surface area contributed by atoms with E-state index in [1.807, 2.05) is 26.0 Å². The molecule has 0 unspecified atom stereocenters. The van der Waals surface area contributed by atoms with Crippen molar-refractivity contribution in [3.63, 3.8) is 0 Å². The first-order valence-electron chi connectivity index (χ1n) is 6.34. The Kier molecular flexibility index (Phi) is 3.43. The Hall–Kier alpha value is -1.91. The average molecular weight is 322 g/mol. The van der Waals surface area contributed by atoms with Crippen LogP contribution in [0.1, 0.15) is 11.5 Å². The second-order valence-electron chi connectivity index (χ2n) is 4.81. The second-order valence-corrected chi connectivity index (χ2v) is 5.63. The summed E-state index contributed by atoms with van der Waals surface area (Å²) in [4.78, 5) is 0. The standard InChI is InChI=1S/C15H13Cl2N3O/c1-7-5-10(8(2)21-7)14-13(15(18)20-19-14)9-3-4-11(16)12(17)6-9/h3-6H,1-2H3,(H3,18,19,20). The molecule has 0 fully saturated rings. The van der Waals surface area contributed by atoms with Gasteiger partial charge in [-0.1, -0.05) is 29.3 Å². The third-order valence-electron chi connectivity index (χ3n) is 3.31. The maximum Gasteiger partial charge on any atom is 0.153 e. The van der Waals surface area contributed by atoms with E-state index in [1.165, 1.54) is 0 Å². The second kappa shape index (κ2) is 5.13. The third-order valence-corrected chi connectivity index (χ3v) is 4.05. The first-order chi connectivity index (χ1) is 9.97. The molecule has 2 heterocycles. The molecule has 0 amide bonds. The van der Waals surface area contributed by atoms with Gasteiger partial charge in [0.15, 0.2) is 5.82 Å². The zero-order chi connectivity index (χ0) is 15.1. The van der Waals surface area contributed by atoms with Crippen LogP contribution in [-0.4, -0.2) is 10.2 Å². The third kappa shape index (κ3) is 2.41. The summed E-state index contributed by atoms with van der Waals surface area (Å²) < 4.78 is 5.58. The SMILES string of the molecule is Cc1cc(-c2[nH]nc(N)c2-c2ccc(Cl)c(Cl)c2)c(C)o1. The Labute approximate surface area is 131 Å². The van der Waals surface area contributed by atoms with Crippen LogP contribution in [0.5, 0.6) is 0 Å². The number of H-pyrrole nitrogens is 1. The maximum absolute atomic E-state index is 6.09. The van der Waals surface area contributed by atoms with Crippen LogP contribution in [0.3, 0.4) is 0 Å². The van der Waals surface area contributed by atoms with Crippen LogP contribution in [0.2, 0.25) is 10.0 Å². The smallest absolute Gasteiger partial charge is 0.153 e. The van der Waals surface area contributed by atoms with Gasteiger partial charge in [-0.05, 0) is 37.6 Å². The number of nitrogen functional groups attached to an aromatic ring is 1. The van der Waals surface area contributed by atoms with Crippen molar-refractivity contribution in [2.45, 2.75) is 13.8 Å². The molecule has 0 aliphatic rings. The largest absolute Gasteiger partial charge is 0.466 e. The fourth-order valence-electron chi connectivity index (χ4n) is 2.37. The summed E-state index contributed by atoms with van der Waals surface area (Å²) in [7, 11) is 0. The number of aromatic amines is 1. The molecular weight excluding hydrogens is 309 g/mol. The van der Waals surface area contributed by atoms with E-state index in [-0.39, 0.29) is 0 Å². The predicted molar refractivity (Wildman–Crippen MR) is 85.6 cm³/mol. The minimum atomic E-state index is 0.404. The van der Waals surface area contributed by atoms with E-state index in [0.29, 0.717) is 15.9 Å². The number of aryl methyl sites for hydroxylation is 2. The van der Waals surface area contributed by atoms with E-state index in [4.69, 9.17) is 33.4 Å². The predicted octanol–water partition coefficient (Wildman–Crippen LogP) is 4.84. The molecule has 108 valence electrons. The molecule has 0 aliphatic heterocycles. The van der Waals surface area contributed by atoms with Crippen molar-refractivity contribution in [1.82, 2.24) is 10.2 Å². The molecule has 4 nitrogen and oxygen atoms in total. The van der Waals surface area contributed by atoms with Crippen molar-refractivity contribution < 1.29 is 4.42 Å². The number of aromatic nitrogens is 2. The molecule has 0 radical (unpaired) electrons. The van der Waals surface area contributed by atoms with Gasteiger partial charge in [-0.3, -0.25) is 5.10 Å². The van der Waals surface area contributed by atoms with Gasteiger partial charge < -0.3 is 10.2 Å². The van der Waals surface area contributed by atoms with Gasteiger partial charge in [0.25, 0.3) is 0 Å². The van der Waals surface area contributed by atoms with Gasteiger partial charge >= 0.3 is 0 Å². The van der Waals surface area contributed by atoms with Crippen molar-refractivity contribution >= 4 is 29.0 Å². The van der Waals surface area contributed by atoms with Crippen LogP contribution >= 0.6 is 23.2 Å². The number of nitrogens with one attached hydrogen (secondary N) is 1. The molecule has 0 atom stereocenters. The average Bonchev–Trinajstić information content (AvgIpc) is 2.95. The van der Waals surface area contributed by atoms with Crippen LogP contribution in [0, 0.1) is 13.8 Å². The number of hydrogen-bond acceptors (Lipinski definition) is 3. The van der Waals surface area contributed by atoms with Gasteiger partial charge in [-0.25, -0.2) is 0 Å². The topological polar surface area (TPSA) is 67.8 Å². The summed E-state index contributed by atoms with van der Waals surface area (Å²) in [6.45, 7) is 3.80. The Balaban J connectivity index is 2.21. The van der Waals surface area contributed by atoms with E-state index in [0.717, 1.165) is 33.9 Å². The van der Waals surface area contributed by atoms with Gasteiger partial charge in [0.1, 0.15) is 11.5 Å². The van der Waals surface area contributed by atoms with Crippen LogP contribution in [0.15, 0.2) is 28.7 Å². The normalized spacial score (nSPS) is 11.0. The summed E-state index contributed by atoms with van der Waals surface area (Å²) in [5.74, 6) is 2.04. The zero-order valence-corrected chi connectivity index (χ0v) is 13.0. The molecule has 0 saturated carbocycles. The van der Waals surface area contributed by atoms with Gasteiger partial charge in [-0.15, -0.1) is 0 Å². The number of benzene rings is 1. The van der Waals surface area contributed by atoms with E-state index in [9.17, 15) is 0 Å². The molecule has 0 saturated heterocycles. The van der Waals surface area contributed by atoms with Crippen molar-refractivity contribution in [1.29, 1.82) is 0 Å². The number of rotatable bonds is 2. The van der Waals surface area contributed by atoms with Crippen LogP contribution < -0.4 is 5.73 Å². The van der Waals surface area contributed by atoms with E-state index in [1.54, 1.807) is 12.1 Å². The molecule has 0 spiro atoms. The molecule has 2 aromatic heterocycles. The quantitative estimate of drug-likeness (QED) is 0.709. The summed E-state index contributed by atoms with van der Waals surface area (Å²) in [6.07, 6.45) is 0. The van der Waals surface area contributed by atoms with Gasteiger partial charge in [0.2, 0.25) is 0 Å². The van der Waals surface area contributed by atoms with E-state index in [2.05, 4.69) is 10.2 Å². The van der Waals surface area contributed by atoms with Crippen molar-refractivity contribution in [2.75, 3.05) is 5.73 Å². The highest BCUT2D eigenvalue weighted by molar-refractivity contribution is 6.42. The molecule has 3 N–H and O–H groups in total. The lowest BCUT2D eigenvalue weighted by molar-refractivity contribution is 0.505. The minimum absolute atomic E-state index is 0.404. The van der Waals surface area contributed by atoms with Crippen molar-refractivity contribution in [3.05, 3.63) is 45.8 Å². The van der Waals surface area contributed by atoms with Crippen LogP contribution in [-0.2, 0) is 0 Å². The van der Waals surface area contributed by atoms with Crippen LogP contribution in [0.25, 0.3) is 22.4 Å². The Morgan fingerprint density at radius 1 is 1.14 bits per heavy atom. The molecular formula is C15H13Cl2N3O. The fourth-order valence-corrected chi connectivity index (χ4v) is 2.67. The minimum Gasteiger partial charge on any atom is -0.466 e. The Bertz CT molecular complexity index is 820. The first kappa shape index (κ1) is 14.0. The highest BCUT2D eigenvalue weighted by Crippen LogP contribution is 2.39. The summed E-state index contributed by atoms with van der Waals surface area (Å²) in [6, 6.07) is 7.32. The molecule has 6 heteroatoms. The zero-order valence-electron chi connectivity index (χ0n) is 11.5. The summed E-state index contributed by atoms with van der Waals surface area (Å²) in [5.41, 5.74) is 9.38. The number of halogens is 2. The van der Waals surface area contributed by atoms with Crippen molar-refractivity contribution in [3.8, 4) is 22.4 Å². The fraction of sp³-hybridized carbons (Fsp3) is 0.133. The van der Waals surface area contributed by atoms with Crippen molar-refractivity contribution in [2.24, 2.45) is 0 Å². The number of furan rings is 1. The van der Waals surface area contributed by atoms with E-state index >= 15 is 0 Å². The number of nitrogens with two attached hydrogens (primary N) is 1. The number of anilines is 1. The van der Waals surface area contributed by atoms with Crippen LogP contribution in [0.4, 0.5) is 5.82 Å². The molecule has 0 bridgehead atoms. The van der Waals surface area contributed by atoms with Gasteiger partial charge in [0.05, 0.1) is 21.3 Å². The highest BCUT2D eigenvalue weighted by Gasteiger charge is 2.19. The maximum atomic E-state index is 6.09. The molecule has 0 aliphatic carbocycles. The molecule has 3 rings (SSSR count). The lowest BCUT2D eigenvalue weighted by Gasteiger charge is -2.05. The molecule has 3 aromatic rings. The lowest BCUT2D eigenvalue weighted by Crippen LogP contribution is -1.89. The summed E-state index contributed by atoms with van der Waals surface area (Å²) in [5, 5.41) is 8.05. The Morgan fingerprint density at radius 2 is 1.90 bits per heavy atom. The highest BCUT2D eigenvalue weighted by atomic mass is 35.5. The van der Waals surface area contributed by atoms with Gasteiger partial charge in [0, 0.05) is 5.56 Å². The lowest BCUT2D eigenvalue weighted by atomic mass is 10.0. The van der Waals surface area contributed by atoms with E-state index < -0.39 is 0 Å². The number of hydrogen-bond donors (Lipinski definition) is 2.